The summed E-state index contributed by atoms with van der Waals surface area (Å²) in [7, 11) is 0. The molecule has 1 unspecified atom stereocenters. The van der Waals surface area contributed by atoms with Gasteiger partial charge < -0.3 is 18.9 Å². The minimum Gasteiger partial charge on any atom is -0.494 e. The lowest BCUT2D eigenvalue weighted by molar-refractivity contribution is -0.275. The largest absolute Gasteiger partial charge is 0.573 e. The number of epoxide rings is 1. The fraction of sp³-hybridized carbons (Fsp3) is 0.409. The Hall–Kier alpha value is -2.81. The summed E-state index contributed by atoms with van der Waals surface area (Å²) in [6.07, 6.45) is 0.866. The van der Waals surface area contributed by atoms with E-state index in [4.69, 9.17) is 14.2 Å². The van der Waals surface area contributed by atoms with E-state index in [1.807, 2.05) is 0 Å². The van der Waals surface area contributed by atoms with Crippen LogP contribution in [0.15, 0.2) is 42.5 Å². The van der Waals surface area contributed by atoms with Crippen LogP contribution in [0.1, 0.15) is 42.5 Å². The van der Waals surface area contributed by atoms with Crippen LogP contribution < -0.4 is 14.2 Å². The predicted molar refractivity (Wildman–Crippen MR) is 103 cm³/mol. The molecule has 0 amide bonds. The monoisotopic (exact) mass is 442 g/mol. The van der Waals surface area contributed by atoms with Crippen molar-refractivity contribution in [3.05, 3.63) is 53.8 Å². The maximum absolute atomic E-state index is 13.7. The van der Waals surface area contributed by atoms with Crippen LogP contribution in [0.5, 0.6) is 17.2 Å². The van der Waals surface area contributed by atoms with Crippen molar-refractivity contribution in [3.63, 3.8) is 0 Å². The van der Waals surface area contributed by atoms with Crippen LogP contribution in [0.2, 0.25) is 0 Å². The summed E-state index contributed by atoms with van der Waals surface area (Å²) in [5.41, 5.74) is 0.186. The molecule has 5 nitrogen and oxygen atoms in total. The van der Waals surface area contributed by atoms with E-state index in [-0.39, 0.29) is 11.3 Å². The van der Waals surface area contributed by atoms with Crippen molar-refractivity contribution in [2.75, 3.05) is 13.2 Å². The van der Waals surface area contributed by atoms with Gasteiger partial charge in [-0.05, 0) is 49.2 Å². The Kier molecular flexibility index (Phi) is 7.73. The van der Waals surface area contributed by atoms with Crippen molar-refractivity contribution in [2.45, 2.75) is 44.6 Å². The lowest BCUT2D eigenvalue weighted by atomic mass is 10.1. The Morgan fingerprint density at radius 2 is 1.68 bits per heavy atom. The van der Waals surface area contributed by atoms with E-state index in [0.29, 0.717) is 24.5 Å². The molecule has 0 spiro atoms. The minimum absolute atomic E-state index is 0.186. The van der Waals surface area contributed by atoms with Crippen LogP contribution in [0, 0.1) is 5.82 Å². The molecule has 1 aliphatic heterocycles. The SMILES string of the molecule is O=C(Oc1ccc(OC(F)(F)F)c(F)c1)c1ccc(OCCCCCCC2CO2)cc1. The fourth-order valence-electron chi connectivity index (χ4n) is 2.86. The second kappa shape index (κ2) is 10.5. The minimum atomic E-state index is -5.02. The van der Waals surface area contributed by atoms with Crippen molar-refractivity contribution in [1.82, 2.24) is 0 Å². The second-order valence-corrected chi connectivity index (χ2v) is 7.06. The molecule has 0 radical (unpaired) electrons. The normalized spacial score (nSPS) is 15.4. The van der Waals surface area contributed by atoms with Crippen molar-refractivity contribution in [1.29, 1.82) is 0 Å². The summed E-state index contributed by atoms with van der Waals surface area (Å²) in [4.78, 5) is 12.2. The highest BCUT2D eigenvalue weighted by Crippen LogP contribution is 2.28. The van der Waals surface area contributed by atoms with E-state index < -0.39 is 23.9 Å². The molecule has 3 rings (SSSR count). The topological polar surface area (TPSA) is 57.3 Å². The van der Waals surface area contributed by atoms with Crippen molar-refractivity contribution in [2.24, 2.45) is 0 Å². The molecule has 2 aromatic carbocycles. The van der Waals surface area contributed by atoms with Gasteiger partial charge in [0, 0.05) is 6.07 Å². The average molecular weight is 442 g/mol. The molecule has 1 aliphatic rings. The zero-order chi connectivity index (χ0) is 22.3. The van der Waals surface area contributed by atoms with E-state index >= 15 is 0 Å². The molecule has 1 fully saturated rings. The van der Waals surface area contributed by atoms with Gasteiger partial charge >= 0.3 is 12.3 Å². The van der Waals surface area contributed by atoms with Crippen molar-refractivity contribution in [3.8, 4) is 17.2 Å². The van der Waals surface area contributed by atoms with Crippen LogP contribution in [0.3, 0.4) is 0 Å². The van der Waals surface area contributed by atoms with Gasteiger partial charge in [-0.3, -0.25) is 0 Å². The van der Waals surface area contributed by atoms with Gasteiger partial charge in [-0.25, -0.2) is 9.18 Å². The molecule has 1 heterocycles. The molecular formula is C22H22F4O5. The first-order valence-corrected chi connectivity index (χ1v) is 9.92. The first kappa shape index (κ1) is 22.9. The molecule has 1 saturated heterocycles. The standard InChI is InChI=1S/C22H22F4O5/c23-19-13-17(10-11-20(19)31-22(24,25)26)30-21(27)15-6-8-16(9-7-15)28-12-4-2-1-3-5-18-14-29-18/h6-11,13,18H,1-5,12,14H2. The number of carbonyl (C=O) groups excluding carboxylic acids is 1. The molecule has 168 valence electrons. The van der Waals surface area contributed by atoms with Crippen molar-refractivity contribution < 1.29 is 41.3 Å². The average Bonchev–Trinajstić information content (AvgIpc) is 3.53. The summed E-state index contributed by atoms with van der Waals surface area (Å²) < 4.78 is 69.5. The number of alkyl halides is 3. The van der Waals surface area contributed by atoms with Gasteiger partial charge in [-0.2, -0.15) is 0 Å². The second-order valence-electron chi connectivity index (χ2n) is 7.06. The molecular weight excluding hydrogens is 420 g/mol. The van der Waals surface area contributed by atoms with Gasteiger partial charge in [0.25, 0.3) is 0 Å². The van der Waals surface area contributed by atoms with Gasteiger partial charge in [0.05, 0.1) is 24.9 Å². The molecule has 9 heteroatoms. The van der Waals surface area contributed by atoms with Crippen LogP contribution in [0.4, 0.5) is 17.6 Å². The van der Waals surface area contributed by atoms with Crippen LogP contribution >= 0.6 is 0 Å². The third-order valence-electron chi connectivity index (χ3n) is 4.52. The third kappa shape index (κ3) is 8.09. The summed E-state index contributed by atoms with van der Waals surface area (Å²) in [6, 6.07) is 8.60. The van der Waals surface area contributed by atoms with Gasteiger partial charge in [0.15, 0.2) is 11.6 Å². The lowest BCUT2D eigenvalue weighted by Crippen LogP contribution is -2.18. The van der Waals surface area contributed by atoms with E-state index in [2.05, 4.69) is 4.74 Å². The number of benzene rings is 2. The Morgan fingerprint density at radius 3 is 2.32 bits per heavy atom. The van der Waals surface area contributed by atoms with E-state index in [1.165, 1.54) is 12.1 Å². The summed E-state index contributed by atoms with van der Waals surface area (Å²) in [6.45, 7) is 1.46. The lowest BCUT2D eigenvalue weighted by Gasteiger charge is -2.11. The van der Waals surface area contributed by atoms with Crippen LogP contribution in [0.25, 0.3) is 0 Å². The first-order chi connectivity index (χ1) is 14.8. The molecule has 1 atom stereocenters. The molecule has 2 aromatic rings. The van der Waals surface area contributed by atoms with Crippen molar-refractivity contribution >= 4 is 5.97 Å². The van der Waals surface area contributed by atoms with Gasteiger partial charge in [-0.15, -0.1) is 13.2 Å². The maximum Gasteiger partial charge on any atom is 0.573 e. The Bertz CT molecular complexity index is 863. The highest BCUT2D eigenvalue weighted by molar-refractivity contribution is 5.91. The smallest absolute Gasteiger partial charge is 0.494 e. The van der Waals surface area contributed by atoms with E-state index in [9.17, 15) is 22.4 Å². The predicted octanol–water partition coefficient (Wildman–Crippen LogP) is 5.67. The molecule has 0 aliphatic carbocycles. The molecule has 0 N–H and O–H groups in total. The maximum atomic E-state index is 13.7. The number of hydrogen-bond donors (Lipinski definition) is 0. The highest BCUT2D eigenvalue weighted by atomic mass is 19.4. The quantitative estimate of drug-likeness (QED) is 0.148. The van der Waals surface area contributed by atoms with E-state index in [0.717, 1.165) is 50.8 Å². The summed E-state index contributed by atoms with van der Waals surface area (Å²) in [5, 5.41) is 0. The number of esters is 1. The molecule has 0 bridgehead atoms. The molecule has 0 aromatic heterocycles. The Balaban J connectivity index is 1.41. The Morgan fingerprint density at radius 1 is 1.00 bits per heavy atom. The fourth-order valence-corrected chi connectivity index (χ4v) is 2.86. The highest BCUT2D eigenvalue weighted by Gasteiger charge is 2.32. The van der Waals surface area contributed by atoms with Gasteiger partial charge in [-0.1, -0.05) is 19.3 Å². The van der Waals surface area contributed by atoms with Gasteiger partial charge in [0.1, 0.15) is 11.5 Å². The number of halogens is 4. The first-order valence-electron chi connectivity index (χ1n) is 9.92. The zero-order valence-corrected chi connectivity index (χ0v) is 16.6. The number of hydrogen-bond acceptors (Lipinski definition) is 5. The number of carbonyl (C=O) groups is 1. The number of unbranched alkanes of at least 4 members (excludes halogenated alkanes) is 3. The van der Waals surface area contributed by atoms with Crippen LogP contribution in [-0.4, -0.2) is 31.6 Å². The third-order valence-corrected chi connectivity index (χ3v) is 4.52. The Labute approximate surface area is 176 Å². The number of rotatable bonds is 11. The number of ether oxygens (including phenoxy) is 4. The zero-order valence-electron chi connectivity index (χ0n) is 16.6. The van der Waals surface area contributed by atoms with Crippen LogP contribution in [-0.2, 0) is 4.74 Å². The van der Waals surface area contributed by atoms with E-state index in [1.54, 1.807) is 12.1 Å². The molecule has 0 saturated carbocycles. The summed E-state index contributed by atoms with van der Waals surface area (Å²) in [5.74, 6) is -2.73. The summed E-state index contributed by atoms with van der Waals surface area (Å²) >= 11 is 0. The molecule has 31 heavy (non-hydrogen) atoms. The van der Waals surface area contributed by atoms with Gasteiger partial charge in [0.2, 0.25) is 0 Å².